The molecule has 1 fully saturated rings. The lowest BCUT2D eigenvalue weighted by Crippen LogP contribution is -2.27. The Labute approximate surface area is 262 Å². The van der Waals surface area contributed by atoms with Crippen LogP contribution in [0.15, 0.2) is 96.2 Å². The predicted octanol–water partition coefficient (Wildman–Crippen LogP) is 7.40. The van der Waals surface area contributed by atoms with Gasteiger partial charge in [-0.15, -0.1) is 0 Å². The summed E-state index contributed by atoms with van der Waals surface area (Å²) in [6.07, 6.45) is 11.3. The van der Waals surface area contributed by atoms with Crippen molar-refractivity contribution in [1.82, 2.24) is 4.98 Å². The molecule has 0 radical (unpaired) electrons. The van der Waals surface area contributed by atoms with Crippen LogP contribution in [0, 0.1) is 0 Å². The van der Waals surface area contributed by atoms with Crippen molar-refractivity contribution in [3.63, 3.8) is 0 Å². The topological polar surface area (TPSA) is 74.7 Å². The van der Waals surface area contributed by atoms with Crippen molar-refractivity contribution in [1.29, 1.82) is 0 Å². The van der Waals surface area contributed by atoms with Crippen LogP contribution in [0.1, 0.15) is 48.4 Å². The summed E-state index contributed by atoms with van der Waals surface area (Å²) in [7, 11) is 0.437. The number of hydrogen-bond donors (Lipinski definition) is 0. The summed E-state index contributed by atoms with van der Waals surface area (Å²) >= 11 is 0. The van der Waals surface area contributed by atoms with Crippen LogP contribution in [0.5, 0.6) is 11.5 Å². The van der Waals surface area contributed by atoms with Crippen molar-refractivity contribution in [2.75, 3.05) is 20.3 Å². The van der Waals surface area contributed by atoms with Crippen LogP contribution in [-0.2, 0) is 38.9 Å². The van der Waals surface area contributed by atoms with Crippen LogP contribution < -0.4 is 9.47 Å². The normalized spacial score (nSPS) is 15.6. The molecule has 0 amide bonds. The van der Waals surface area contributed by atoms with Gasteiger partial charge in [-0.25, -0.2) is 0 Å². The minimum atomic E-state index is -1.19. The molecule has 0 spiro atoms. The molecule has 0 saturated carbocycles. The number of benzene rings is 3. The first kappa shape index (κ1) is 31.4. The fourth-order valence-corrected chi connectivity index (χ4v) is 6.44. The van der Waals surface area contributed by atoms with Crippen LogP contribution in [0.4, 0.5) is 0 Å². The zero-order valence-electron chi connectivity index (χ0n) is 25.4. The second-order valence-electron chi connectivity index (χ2n) is 10.9. The Morgan fingerprint density at radius 1 is 1.02 bits per heavy atom. The average molecular weight is 610 g/mol. The van der Waals surface area contributed by atoms with Crippen molar-refractivity contribution in [3.8, 4) is 22.6 Å². The Kier molecular flexibility index (Phi) is 11.1. The summed E-state index contributed by atoms with van der Waals surface area (Å²) in [6.45, 7) is 3.57. The third-order valence-corrected chi connectivity index (χ3v) is 9.03. The van der Waals surface area contributed by atoms with Gasteiger partial charge in [0, 0.05) is 35.9 Å². The molecule has 7 heteroatoms. The first-order chi connectivity index (χ1) is 21.5. The number of allylic oxidation sites excluding steroid dienone is 1. The Hall–Kier alpha value is -4.07. The lowest BCUT2D eigenvalue weighted by molar-refractivity contribution is -0.113. The van der Waals surface area contributed by atoms with Gasteiger partial charge in [-0.1, -0.05) is 43.7 Å². The van der Waals surface area contributed by atoms with Gasteiger partial charge in [0.25, 0.3) is 0 Å². The smallest absolute Gasteiger partial charge is 0.160 e. The molecule has 2 atom stereocenters. The van der Waals surface area contributed by atoms with Gasteiger partial charge in [-0.2, -0.15) is 0 Å². The molecule has 1 aliphatic heterocycles. The number of ketones is 1. The molecule has 2 heterocycles. The molecule has 1 saturated heterocycles. The van der Waals surface area contributed by atoms with E-state index in [-0.39, 0.29) is 18.3 Å². The quantitative estimate of drug-likeness (QED) is 0.147. The number of aryl methyl sites for hydroxylation is 1. The molecule has 0 bridgehead atoms. The van der Waals surface area contributed by atoms with E-state index in [2.05, 4.69) is 11.9 Å². The van der Waals surface area contributed by atoms with E-state index in [9.17, 15) is 9.00 Å². The number of methoxy groups -OCH3 is 1. The van der Waals surface area contributed by atoms with E-state index >= 15 is 0 Å². The standard InChI is InChI=1S/C37H39NO5S/c1-3-5-28-19-20-38-24-32(28)26-44(40)36-16-7-27(8-17-36)22-33(39)13-9-31-23-30(12-18-37(31)41-2)29-10-14-34(15-11-29)43-35-6-4-21-42-25-35/h7-20,23-24,35H,3-6,21-22,25-26H2,1-2H3/b13-9+. The monoisotopic (exact) mass is 609 g/mol. The highest BCUT2D eigenvalue weighted by Crippen LogP contribution is 2.29. The molecule has 1 aliphatic rings. The van der Waals surface area contributed by atoms with Gasteiger partial charge in [0.1, 0.15) is 17.6 Å². The number of rotatable bonds is 13. The molecule has 6 nitrogen and oxygen atoms in total. The van der Waals surface area contributed by atoms with E-state index in [1.165, 1.54) is 5.56 Å². The average Bonchev–Trinajstić information content (AvgIpc) is 3.06. The second kappa shape index (κ2) is 15.6. The fraction of sp³-hybridized carbons (Fsp3) is 0.297. The Morgan fingerprint density at radius 2 is 1.82 bits per heavy atom. The lowest BCUT2D eigenvalue weighted by Gasteiger charge is -2.23. The minimum Gasteiger partial charge on any atom is -0.496 e. The largest absolute Gasteiger partial charge is 0.496 e. The van der Waals surface area contributed by atoms with E-state index in [1.807, 2.05) is 79.0 Å². The van der Waals surface area contributed by atoms with Crippen LogP contribution in [0.3, 0.4) is 0 Å². The van der Waals surface area contributed by atoms with Crippen LogP contribution in [0.25, 0.3) is 17.2 Å². The molecule has 5 rings (SSSR count). The molecule has 228 valence electrons. The molecule has 4 aromatic rings. The van der Waals surface area contributed by atoms with Crippen LogP contribution in [0.2, 0.25) is 0 Å². The Morgan fingerprint density at radius 3 is 2.55 bits per heavy atom. The van der Waals surface area contributed by atoms with E-state index in [0.29, 0.717) is 18.1 Å². The molecule has 1 aromatic heterocycles. The van der Waals surface area contributed by atoms with Crippen molar-refractivity contribution >= 4 is 22.7 Å². The number of hydrogen-bond acceptors (Lipinski definition) is 6. The molecular formula is C37H39NO5S. The fourth-order valence-electron chi connectivity index (χ4n) is 5.29. The second-order valence-corrected chi connectivity index (χ2v) is 12.4. The van der Waals surface area contributed by atoms with Gasteiger partial charge >= 0.3 is 0 Å². The van der Waals surface area contributed by atoms with Crippen molar-refractivity contribution in [2.45, 2.75) is 55.8 Å². The zero-order chi connectivity index (χ0) is 30.7. The molecular weight excluding hydrogens is 570 g/mol. The first-order valence-electron chi connectivity index (χ1n) is 15.1. The number of ether oxygens (including phenoxy) is 3. The maximum atomic E-state index is 13.0. The van der Waals surface area contributed by atoms with Gasteiger partial charge in [-0.3, -0.25) is 14.0 Å². The summed E-state index contributed by atoms with van der Waals surface area (Å²) in [6, 6.07) is 23.5. The van der Waals surface area contributed by atoms with Gasteiger partial charge in [0.05, 0.1) is 30.3 Å². The van der Waals surface area contributed by atoms with Gasteiger partial charge in [0.2, 0.25) is 0 Å². The highest BCUT2D eigenvalue weighted by molar-refractivity contribution is 7.84. The summed E-state index contributed by atoms with van der Waals surface area (Å²) in [5.74, 6) is 1.92. The lowest BCUT2D eigenvalue weighted by atomic mass is 10.0. The maximum Gasteiger partial charge on any atom is 0.160 e. The highest BCUT2D eigenvalue weighted by Gasteiger charge is 2.15. The molecule has 44 heavy (non-hydrogen) atoms. The van der Waals surface area contributed by atoms with Crippen LogP contribution >= 0.6 is 0 Å². The summed E-state index contributed by atoms with van der Waals surface area (Å²) in [5.41, 5.74) is 5.97. The van der Waals surface area contributed by atoms with Crippen molar-refractivity contribution in [3.05, 3.63) is 114 Å². The Balaban J connectivity index is 1.20. The van der Waals surface area contributed by atoms with E-state index in [0.717, 1.165) is 70.8 Å². The number of aromatic nitrogens is 1. The van der Waals surface area contributed by atoms with Gasteiger partial charge < -0.3 is 14.2 Å². The maximum absolute atomic E-state index is 13.0. The van der Waals surface area contributed by atoms with Crippen molar-refractivity contribution < 1.29 is 23.2 Å². The molecule has 2 unspecified atom stereocenters. The third-order valence-electron chi connectivity index (χ3n) is 7.66. The third kappa shape index (κ3) is 8.52. The summed E-state index contributed by atoms with van der Waals surface area (Å²) < 4.78 is 30.2. The minimum absolute atomic E-state index is 0.0286. The van der Waals surface area contributed by atoms with E-state index < -0.39 is 10.8 Å². The predicted molar refractivity (Wildman–Crippen MR) is 175 cm³/mol. The Bertz CT molecular complexity index is 1590. The molecule has 0 aliphatic carbocycles. The highest BCUT2D eigenvalue weighted by atomic mass is 32.2. The van der Waals surface area contributed by atoms with E-state index in [4.69, 9.17) is 14.2 Å². The number of nitrogens with zero attached hydrogens (tertiary/aromatic N) is 1. The SMILES string of the molecule is CCCc1ccncc1CS(=O)c1ccc(CC(=O)/C=C/c2cc(-c3ccc(OC4CCCOC4)cc3)ccc2OC)cc1. The van der Waals surface area contributed by atoms with Crippen LogP contribution in [-0.4, -0.2) is 41.4 Å². The number of carbonyl (C=O) groups excluding carboxylic acids is 1. The summed E-state index contributed by atoms with van der Waals surface area (Å²) in [5, 5.41) is 0. The van der Waals surface area contributed by atoms with E-state index in [1.54, 1.807) is 25.5 Å². The zero-order valence-corrected chi connectivity index (χ0v) is 26.2. The van der Waals surface area contributed by atoms with Gasteiger partial charge in [-0.05, 0) is 102 Å². The molecule has 3 aromatic carbocycles. The number of pyridine rings is 1. The van der Waals surface area contributed by atoms with Gasteiger partial charge in [0.15, 0.2) is 5.78 Å². The summed E-state index contributed by atoms with van der Waals surface area (Å²) in [4.78, 5) is 17.8. The number of carbonyl (C=O) groups is 1. The first-order valence-corrected chi connectivity index (χ1v) is 16.5. The molecule has 0 N–H and O–H groups in total. The van der Waals surface area contributed by atoms with Crippen molar-refractivity contribution in [2.24, 2.45) is 0 Å².